The van der Waals surface area contributed by atoms with Gasteiger partial charge >= 0.3 is 7.12 Å². The molecule has 1 rings (SSSR count). The van der Waals surface area contributed by atoms with E-state index >= 15 is 0 Å². The van der Waals surface area contributed by atoms with Gasteiger partial charge in [-0.3, -0.25) is 0 Å². The highest BCUT2D eigenvalue weighted by molar-refractivity contribution is 6.47. The van der Waals surface area contributed by atoms with Crippen LogP contribution in [0.2, 0.25) is 0 Å². The standard InChI is InChI=1S/C10H19BO3/c1-6-7-8(12)11-13-9(2,3)10(4,5)14-11/h6,8,12H,1,7H2,2-5H3. The number of aliphatic hydroxyl groups is 1. The smallest absolute Gasteiger partial charge is 0.402 e. The molecule has 0 spiro atoms. The number of hydrogen-bond donors (Lipinski definition) is 1. The predicted octanol–water partition coefficient (Wildman–Crippen LogP) is 1.55. The summed E-state index contributed by atoms with van der Waals surface area (Å²) >= 11 is 0. The molecule has 0 amide bonds. The Labute approximate surface area is 86.2 Å². The second-order valence-electron chi connectivity index (χ2n) is 4.72. The minimum absolute atomic E-state index is 0.375. The third-order valence-electron chi connectivity index (χ3n) is 2.99. The maximum atomic E-state index is 9.69. The Morgan fingerprint density at radius 3 is 2.07 bits per heavy atom. The Morgan fingerprint density at radius 1 is 1.29 bits per heavy atom. The fourth-order valence-corrected chi connectivity index (χ4v) is 1.33. The van der Waals surface area contributed by atoms with Crippen LogP contribution in [-0.2, 0) is 9.31 Å². The number of aliphatic hydroxyl groups excluding tert-OH is 1. The fraction of sp³-hybridized carbons (Fsp3) is 0.800. The highest BCUT2D eigenvalue weighted by Gasteiger charge is 2.53. The summed E-state index contributed by atoms with van der Waals surface area (Å²) in [5.41, 5.74) is -0.750. The summed E-state index contributed by atoms with van der Waals surface area (Å²) in [6.07, 6.45) is 2.15. The van der Waals surface area contributed by atoms with Crippen LogP contribution >= 0.6 is 0 Å². The van der Waals surface area contributed by atoms with Gasteiger partial charge in [-0.15, -0.1) is 6.58 Å². The lowest BCUT2D eigenvalue weighted by Gasteiger charge is -2.32. The van der Waals surface area contributed by atoms with E-state index in [-0.39, 0.29) is 11.2 Å². The lowest BCUT2D eigenvalue weighted by Crippen LogP contribution is -2.41. The molecule has 4 heteroatoms. The summed E-state index contributed by atoms with van der Waals surface area (Å²) in [6, 6.07) is -0.631. The van der Waals surface area contributed by atoms with Crippen LogP contribution in [0.25, 0.3) is 0 Å². The molecule has 0 saturated carbocycles. The minimum atomic E-state index is -0.631. The third kappa shape index (κ3) is 2.02. The van der Waals surface area contributed by atoms with Crippen LogP contribution in [0.3, 0.4) is 0 Å². The summed E-state index contributed by atoms with van der Waals surface area (Å²) in [6.45, 7) is 11.4. The van der Waals surface area contributed by atoms with E-state index in [1.807, 2.05) is 27.7 Å². The van der Waals surface area contributed by atoms with Crippen molar-refractivity contribution in [1.82, 2.24) is 0 Å². The second kappa shape index (κ2) is 3.68. The van der Waals surface area contributed by atoms with Crippen LogP contribution in [0.5, 0.6) is 0 Å². The molecular weight excluding hydrogens is 179 g/mol. The summed E-state index contributed by atoms with van der Waals surface area (Å²) < 4.78 is 11.3. The molecule has 0 aliphatic carbocycles. The summed E-state index contributed by atoms with van der Waals surface area (Å²) in [5.74, 6) is 0. The Bertz CT molecular complexity index is 209. The van der Waals surface area contributed by atoms with Crippen molar-refractivity contribution in [2.75, 3.05) is 0 Å². The molecule has 1 aliphatic rings. The molecule has 1 heterocycles. The number of rotatable bonds is 3. The van der Waals surface area contributed by atoms with Crippen molar-refractivity contribution in [2.45, 2.75) is 51.3 Å². The van der Waals surface area contributed by atoms with Crippen LogP contribution in [0.1, 0.15) is 34.1 Å². The highest BCUT2D eigenvalue weighted by atomic mass is 16.7. The Morgan fingerprint density at radius 2 is 1.71 bits per heavy atom. The molecule has 1 aliphatic heterocycles. The van der Waals surface area contributed by atoms with Gasteiger partial charge in [-0.2, -0.15) is 0 Å². The fourth-order valence-electron chi connectivity index (χ4n) is 1.33. The molecule has 1 N–H and O–H groups in total. The van der Waals surface area contributed by atoms with E-state index in [9.17, 15) is 5.11 Å². The molecule has 0 radical (unpaired) electrons. The van der Waals surface area contributed by atoms with Gasteiger partial charge in [-0.25, -0.2) is 0 Å². The molecule has 14 heavy (non-hydrogen) atoms. The Kier molecular flexibility index (Phi) is 3.09. The quantitative estimate of drug-likeness (QED) is 0.552. The monoisotopic (exact) mass is 198 g/mol. The van der Waals surface area contributed by atoms with Crippen molar-refractivity contribution in [2.24, 2.45) is 0 Å². The maximum absolute atomic E-state index is 9.69. The molecule has 0 aromatic heterocycles. The molecule has 80 valence electrons. The number of hydrogen-bond acceptors (Lipinski definition) is 3. The largest absolute Gasteiger partial charge is 0.488 e. The van der Waals surface area contributed by atoms with Gasteiger partial charge in [0.2, 0.25) is 0 Å². The highest BCUT2D eigenvalue weighted by Crippen LogP contribution is 2.37. The van der Waals surface area contributed by atoms with E-state index < -0.39 is 13.1 Å². The van der Waals surface area contributed by atoms with Gasteiger partial charge in [0.15, 0.2) is 0 Å². The first-order valence-corrected chi connectivity index (χ1v) is 4.95. The molecule has 3 nitrogen and oxygen atoms in total. The van der Waals surface area contributed by atoms with Crippen LogP contribution < -0.4 is 0 Å². The molecule has 0 aromatic carbocycles. The minimum Gasteiger partial charge on any atom is -0.402 e. The van der Waals surface area contributed by atoms with Gasteiger partial charge in [0, 0.05) is 0 Å². The first-order chi connectivity index (χ1) is 6.30. The van der Waals surface area contributed by atoms with Crippen molar-refractivity contribution in [1.29, 1.82) is 0 Å². The van der Waals surface area contributed by atoms with Gasteiger partial charge < -0.3 is 14.4 Å². The zero-order valence-electron chi connectivity index (χ0n) is 9.41. The van der Waals surface area contributed by atoms with Gasteiger partial charge in [0.25, 0.3) is 0 Å². The van der Waals surface area contributed by atoms with Gasteiger partial charge in [0.05, 0.1) is 17.2 Å². The van der Waals surface area contributed by atoms with Crippen LogP contribution in [0, 0.1) is 0 Å². The molecule has 0 aromatic rings. The van der Waals surface area contributed by atoms with E-state index in [1.165, 1.54) is 0 Å². The van der Waals surface area contributed by atoms with E-state index in [0.717, 1.165) is 0 Å². The predicted molar refractivity (Wildman–Crippen MR) is 56.9 cm³/mol. The molecule has 0 bridgehead atoms. The van der Waals surface area contributed by atoms with Crippen LogP contribution in [0.4, 0.5) is 0 Å². The van der Waals surface area contributed by atoms with Gasteiger partial charge in [-0.05, 0) is 34.1 Å². The van der Waals surface area contributed by atoms with Gasteiger partial charge in [-0.1, -0.05) is 6.08 Å². The first-order valence-electron chi connectivity index (χ1n) is 4.95. The van der Waals surface area contributed by atoms with Crippen molar-refractivity contribution in [3.63, 3.8) is 0 Å². The first kappa shape index (κ1) is 11.8. The normalized spacial score (nSPS) is 26.2. The molecule has 1 saturated heterocycles. The molecule has 1 unspecified atom stereocenters. The lowest BCUT2D eigenvalue weighted by atomic mass is 9.79. The van der Waals surface area contributed by atoms with E-state index in [4.69, 9.17) is 9.31 Å². The van der Waals surface area contributed by atoms with E-state index in [2.05, 4.69) is 6.58 Å². The van der Waals surface area contributed by atoms with Crippen LogP contribution in [-0.4, -0.2) is 29.4 Å². The molecule has 1 atom stereocenters. The summed E-state index contributed by atoms with van der Waals surface area (Å²) in [5, 5.41) is 9.69. The average Bonchev–Trinajstić information content (AvgIpc) is 2.22. The Balaban J connectivity index is 2.67. The van der Waals surface area contributed by atoms with Crippen molar-refractivity contribution < 1.29 is 14.4 Å². The summed E-state index contributed by atoms with van der Waals surface area (Å²) in [7, 11) is -0.544. The molecular formula is C10H19BO3. The molecule has 1 fully saturated rings. The zero-order chi connectivity index (χ0) is 11.0. The lowest BCUT2D eigenvalue weighted by molar-refractivity contribution is 0.00578. The van der Waals surface area contributed by atoms with Crippen molar-refractivity contribution in [3.8, 4) is 0 Å². The Hall–Kier alpha value is -0.315. The third-order valence-corrected chi connectivity index (χ3v) is 2.99. The summed E-state index contributed by atoms with van der Waals surface area (Å²) in [4.78, 5) is 0. The van der Waals surface area contributed by atoms with Crippen LogP contribution in [0.15, 0.2) is 12.7 Å². The second-order valence-corrected chi connectivity index (χ2v) is 4.72. The van der Waals surface area contributed by atoms with E-state index in [0.29, 0.717) is 6.42 Å². The SMILES string of the molecule is C=CCC(O)B1OC(C)(C)C(C)(C)O1. The topological polar surface area (TPSA) is 38.7 Å². The van der Waals surface area contributed by atoms with Crippen molar-refractivity contribution in [3.05, 3.63) is 12.7 Å². The zero-order valence-corrected chi connectivity index (χ0v) is 9.41. The van der Waals surface area contributed by atoms with Gasteiger partial charge in [0.1, 0.15) is 0 Å². The average molecular weight is 198 g/mol. The van der Waals surface area contributed by atoms with E-state index in [1.54, 1.807) is 6.08 Å². The maximum Gasteiger partial charge on any atom is 0.488 e. The van der Waals surface area contributed by atoms with Crippen molar-refractivity contribution >= 4 is 7.12 Å².